The summed E-state index contributed by atoms with van der Waals surface area (Å²) in [6, 6.07) is 11.7. The lowest BCUT2D eigenvalue weighted by Crippen LogP contribution is -2.29. The van der Waals surface area contributed by atoms with E-state index in [0.29, 0.717) is 15.9 Å². The lowest BCUT2D eigenvalue weighted by molar-refractivity contribution is 0.414. The predicted octanol–water partition coefficient (Wildman–Crippen LogP) is 5.12. The lowest BCUT2D eigenvalue weighted by atomic mass is 10.1. The maximum atomic E-state index is 6.45. The van der Waals surface area contributed by atoms with Crippen molar-refractivity contribution in [3.05, 3.63) is 46.4 Å². The van der Waals surface area contributed by atoms with Crippen LogP contribution in [0.1, 0.15) is 19.3 Å². The fourth-order valence-electron chi connectivity index (χ4n) is 4.20. The Hall–Kier alpha value is -2.77. The topological polar surface area (TPSA) is 71.9 Å². The summed E-state index contributed by atoms with van der Waals surface area (Å²) in [6.07, 6.45) is 3.51. The molecule has 0 amide bonds. The van der Waals surface area contributed by atoms with Gasteiger partial charge in [0.25, 0.3) is 0 Å². The van der Waals surface area contributed by atoms with Crippen LogP contribution < -0.4 is 9.64 Å². The molecule has 9 heteroatoms. The zero-order valence-corrected chi connectivity index (χ0v) is 17.9. The predicted molar refractivity (Wildman–Crippen MR) is 119 cm³/mol. The molecule has 1 N–H and O–H groups in total. The molecule has 0 bridgehead atoms. The first-order chi connectivity index (χ1) is 14.7. The standard InChI is InChI=1S/C21H20Cl2N6O/c1-30-14-7-5-6-13(10-14)29-18-12-17(23)16(22)11-15(18)19(28-8-3-2-4-9-28)20(29)21-24-26-27-25-21/h5-7,10-12H,2-4,8-9H2,1H3,(H,24,25,26,27). The monoisotopic (exact) mass is 442 g/mol. The molecule has 2 aromatic heterocycles. The van der Waals surface area contributed by atoms with Gasteiger partial charge in [-0.05, 0) is 54.0 Å². The number of benzene rings is 2. The number of hydrogen-bond acceptors (Lipinski definition) is 5. The first-order valence-corrected chi connectivity index (χ1v) is 10.6. The maximum absolute atomic E-state index is 6.45. The highest BCUT2D eigenvalue weighted by molar-refractivity contribution is 6.43. The molecule has 3 heterocycles. The molecule has 4 aromatic rings. The first-order valence-electron chi connectivity index (χ1n) is 9.84. The van der Waals surface area contributed by atoms with Gasteiger partial charge in [0.05, 0.1) is 34.0 Å². The molecule has 0 radical (unpaired) electrons. The molecule has 1 saturated heterocycles. The summed E-state index contributed by atoms with van der Waals surface area (Å²) < 4.78 is 7.58. The Bertz CT molecular complexity index is 1200. The van der Waals surface area contributed by atoms with Gasteiger partial charge in [-0.1, -0.05) is 29.3 Å². The van der Waals surface area contributed by atoms with E-state index in [1.54, 1.807) is 7.11 Å². The normalized spacial score (nSPS) is 14.4. The van der Waals surface area contributed by atoms with Crippen molar-refractivity contribution in [1.29, 1.82) is 0 Å². The molecular formula is C21H20Cl2N6O. The van der Waals surface area contributed by atoms with E-state index in [0.717, 1.165) is 59.7 Å². The highest BCUT2D eigenvalue weighted by atomic mass is 35.5. The summed E-state index contributed by atoms with van der Waals surface area (Å²) in [5, 5.41) is 16.9. The van der Waals surface area contributed by atoms with Crippen LogP contribution in [0.15, 0.2) is 36.4 Å². The summed E-state index contributed by atoms with van der Waals surface area (Å²) >= 11 is 12.9. The van der Waals surface area contributed by atoms with E-state index in [4.69, 9.17) is 27.9 Å². The quantitative estimate of drug-likeness (QED) is 0.474. The molecule has 154 valence electrons. The van der Waals surface area contributed by atoms with Crippen LogP contribution in [-0.4, -0.2) is 45.4 Å². The highest BCUT2D eigenvalue weighted by Crippen LogP contribution is 2.44. The molecule has 1 fully saturated rings. The smallest absolute Gasteiger partial charge is 0.198 e. The van der Waals surface area contributed by atoms with Crippen LogP contribution in [0.25, 0.3) is 28.1 Å². The average molecular weight is 443 g/mol. The van der Waals surface area contributed by atoms with Crippen molar-refractivity contribution >= 4 is 39.8 Å². The Morgan fingerprint density at radius 1 is 1.03 bits per heavy atom. The van der Waals surface area contributed by atoms with Crippen LogP contribution in [0.3, 0.4) is 0 Å². The molecular weight excluding hydrogens is 423 g/mol. The number of tetrazole rings is 1. The SMILES string of the molecule is COc1cccc(-n2c(-c3nnn[nH]3)c(N3CCCCC3)c3cc(Cl)c(Cl)cc32)c1. The van der Waals surface area contributed by atoms with Crippen LogP contribution in [0, 0.1) is 0 Å². The van der Waals surface area contributed by atoms with Crippen LogP contribution in [-0.2, 0) is 0 Å². The summed E-state index contributed by atoms with van der Waals surface area (Å²) in [5.74, 6) is 1.34. The van der Waals surface area contributed by atoms with Crippen molar-refractivity contribution < 1.29 is 4.74 Å². The van der Waals surface area contributed by atoms with E-state index < -0.39 is 0 Å². The second kappa shape index (κ2) is 7.81. The van der Waals surface area contributed by atoms with Crippen molar-refractivity contribution in [2.75, 3.05) is 25.1 Å². The van der Waals surface area contributed by atoms with E-state index in [1.807, 2.05) is 36.4 Å². The number of hydrogen-bond donors (Lipinski definition) is 1. The first kappa shape index (κ1) is 19.2. The van der Waals surface area contributed by atoms with Gasteiger partial charge in [0.15, 0.2) is 5.82 Å². The number of rotatable bonds is 4. The third-order valence-electron chi connectivity index (χ3n) is 5.54. The maximum Gasteiger partial charge on any atom is 0.198 e. The fourth-order valence-corrected chi connectivity index (χ4v) is 4.52. The minimum atomic E-state index is 0.498. The molecule has 7 nitrogen and oxygen atoms in total. The van der Waals surface area contributed by atoms with Gasteiger partial charge in [0.2, 0.25) is 0 Å². The highest BCUT2D eigenvalue weighted by Gasteiger charge is 2.28. The Kier molecular flexibility index (Phi) is 5.00. The number of halogens is 2. The van der Waals surface area contributed by atoms with E-state index in [2.05, 4.69) is 30.1 Å². The van der Waals surface area contributed by atoms with Gasteiger partial charge >= 0.3 is 0 Å². The zero-order chi connectivity index (χ0) is 20.7. The molecule has 0 spiro atoms. The Morgan fingerprint density at radius 3 is 2.57 bits per heavy atom. The second-order valence-corrected chi connectivity index (χ2v) is 8.13. The number of methoxy groups -OCH3 is 1. The number of anilines is 1. The van der Waals surface area contributed by atoms with Crippen molar-refractivity contribution in [1.82, 2.24) is 25.2 Å². The van der Waals surface area contributed by atoms with Crippen LogP contribution in [0.2, 0.25) is 10.0 Å². The molecule has 0 aliphatic carbocycles. The molecule has 0 saturated carbocycles. The number of aromatic nitrogens is 5. The van der Waals surface area contributed by atoms with Gasteiger partial charge in [-0.15, -0.1) is 5.10 Å². The van der Waals surface area contributed by atoms with Crippen LogP contribution in [0.4, 0.5) is 5.69 Å². The minimum Gasteiger partial charge on any atom is -0.497 e. The van der Waals surface area contributed by atoms with Gasteiger partial charge < -0.3 is 14.2 Å². The van der Waals surface area contributed by atoms with Crippen molar-refractivity contribution in [3.8, 4) is 23.0 Å². The molecule has 1 aliphatic heterocycles. The van der Waals surface area contributed by atoms with Crippen molar-refractivity contribution in [2.24, 2.45) is 0 Å². The Balaban J connectivity index is 1.89. The van der Waals surface area contributed by atoms with E-state index >= 15 is 0 Å². The number of nitrogens with one attached hydrogen (secondary N) is 1. The largest absolute Gasteiger partial charge is 0.497 e. The molecule has 5 rings (SSSR count). The molecule has 2 aromatic carbocycles. The molecule has 1 aliphatic rings. The van der Waals surface area contributed by atoms with Gasteiger partial charge in [0.1, 0.15) is 11.4 Å². The van der Waals surface area contributed by atoms with Gasteiger partial charge in [-0.3, -0.25) is 0 Å². The fraction of sp³-hybridized carbons (Fsp3) is 0.286. The Labute approximate surface area is 183 Å². The molecule has 0 unspecified atom stereocenters. The summed E-state index contributed by atoms with van der Waals surface area (Å²) in [7, 11) is 1.66. The van der Waals surface area contributed by atoms with Crippen LogP contribution in [0.5, 0.6) is 5.75 Å². The zero-order valence-electron chi connectivity index (χ0n) is 16.4. The second-order valence-electron chi connectivity index (χ2n) is 7.32. The minimum absolute atomic E-state index is 0.498. The van der Waals surface area contributed by atoms with Gasteiger partial charge in [-0.25, -0.2) is 5.10 Å². The third-order valence-corrected chi connectivity index (χ3v) is 6.26. The van der Waals surface area contributed by atoms with Gasteiger partial charge in [-0.2, -0.15) is 0 Å². The van der Waals surface area contributed by atoms with E-state index in [-0.39, 0.29) is 0 Å². The number of piperidine rings is 1. The molecule has 0 atom stereocenters. The third kappa shape index (κ3) is 3.18. The lowest BCUT2D eigenvalue weighted by Gasteiger charge is -2.29. The van der Waals surface area contributed by atoms with E-state index in [9.17, 15) is 0 Å². The number of nitrogens with zero attached hydrogens (tertiary/aromatic N) is 5. The average Bonchev–Trinajstić information content (AvgIpc) is 3.41. The summed E-state index contributed by atoms with van der Waals surface area (Å²) in [5.41, 5.74) is 3.80. The number of ether oxygens (including phenoxy) is 1. The summed E-state index contributed by atoms with van der Waals surface area (Å²) in [6.45, 7) is 1.93. The summed E-state index contributed by atoms with van der Waals surface area (Å²) in [4.78, 5) is 2.39. The number of fused-ring (bicyclic) bond motifs is 1. The van der Waals surface area contributed by atoms with Gasteiger partial charge in [0, 0.05) is 24.5 Å². The van der Waals surface area contributed by atoms with Crippen molar-refractivity contribution in [3.63, 3.8) is 0 Å². The molecule has 30 heavy (non-hydrogen) atoms. The Morgan fingerprint density at radius 2 is 1.83 bits per heavy atom. The van der Waals surface area contributed by atoms with E-state index in [1.165, 1.54) is 6.42 Å². The number of H-pyrrole nitrogens is 1. The number of aromatic amines is 1. The van der Waals surface area contributed by atoms with Crippen LogP contribution >= 0.6 is 23.2 Å². The van der Waals surface area contributed by atoms with Crippen molar-refractivity contribution in [2.45, 2.75) is 19.3 Å².